The number of carbonyl (C=O) groups is 2. The van der Waals surface area contributed by atoms with E-state index in [0.29, 0.717) is 11.1 Å². The van der Waals surface area contributed by atoms with Gasteiger partial charge in [-0.2, -0.15) is 5.10 Å². The van der Waals surface area contributed by atoms with Gasteiger partial charge in [0, 0.05) is 18.2 Å². The van der Waals surface area contributed by atoms with Crippen molar-refractivity contribution in [2.45, 2.75) is 6.92 Å². The molecule has 3 rings (SSSR count). The second kappa shape index (κ2) is 7.20. The van der Waals surface area contributed by atoms with Crippen LogP contribution in [0, 0.1) is 17.0 Å². The highest BCUT2D eigenvalue weighted by atomic mass is 16.6. The first kappa shape index (κ1) is 18.0. The van der Waals surface area contributed by atoms with Crippen molar-refractivity contribution in [3.63, 3.8) is 0 Å². The van der Waals surface area contributed by atoms with Gasteiger partial charge in [0.25, 0.3) is 5.91 Å². The largest absolute Gasteiger partial charge is 0.322 e. The van der Waals surface area contributed by atoms with Gasteiger partial charge in [-0.3, -0.25) is 24.4 Å². The molecule has 27 heavy (non-hydrogen) atoms. The first-order valence-electron chi connectivity index (χ1n) is 8.08. The van der Waals surface area contributed by atoms with Gasteiger partial charge in [-0.25, -0.2) is 0 Å². The van der Waals surface area contributed by atoms with Crippen LogP contribution in [0.15, 0.2) is 54.6 Å². The number of hydrogen-bond donors (Lipinski definition) is 1. The van der Waals surface area contributed by atoms with Crippen molar-refractivity contribution in [2.24, 2.45) is 7.05 Å². The van der Waals surface area contributed by atoms with E-state index in [-0.39, 0.29) is 28.5 Å². The summed E-state index contributed by atoms with van der Waals surface area (Å²) in [4.78, 5) is 36.1. The van der Waals surface area contributed by atoms with E-state index in [1.807, 2.05) is 0 Å². The topological polar surface area (TPSA) is 107 Å². The highest BCUT2D eigenvalue weighted by molar-refractivity contribution is 6.15. The van der Waals surface area contributed by atoms with E-state index in [2.05, 4.69) is 10.4 Å². The van der Waals surface area contributed by atoms with Gasteiger partial charge in [0.1, 0.15) is 5.69 Å². The van der Waals surface area contributed by atoms with Crippen LogP contribution >= 0.6 is 0 Å². The van der Waals surface area contributed by atoms with Gasteiger partial charge >= 0.3 is 5.69 Å². The minimum Gasteiger partial charge on any atom is -0.320 e. The maximum absolute atomic E-state index is 12.8. The molecule has 0 aliphatic carbocycles. The molecule has 136 valence electrons. The van der Waals surface area contributed by atoms with Crippen LogP contribution in [0.25, 0.3) is 0 Å². The zero-order chi connectivity index (χ0) is 19.6. The number of anilines is 1. The summed E-state index contributed by atoms with van der Waals surface area (Å²) < 4.78 is 1.16. The van der Waals surface area contributed by atoms with Crippen LogP contribution in [0.5, 0.6) is 0 Å². The van der Waals surface area contributed by atoms with Crippen LogP contribution in [-0.2, 0) is 7.05 Å². The lowest BCUT2D eigenvalue weighted by Crippen LogP contribution is -2.19. The predicted octanol–water partition coefficient (Wildman–Crippen LogP) is 3.12. The number of aromatic nitrogens is 2. The van der Waals surface area contributed by atoms with Gasteiger partial charge in [0.15, 0.2) is 5.78 Å². The van der Waals surface area contributed by atoms with Crippen molar-refractivity contribution < 1.29 is 14.5 Å². The van der Waals surface area contributed by atoms with Crippen LogP contribution in [0.1, 0.15) is 32.1 Å². The van der Waals surface area contributed by atoms with Gasteiger partial charge in [-0.15, -0.1) is 0 Å². The van der Waals surface area contributed by atoms with Crippen LogP contribution in [0.2, 0.25) is 0 Å². The fraction of sp³-hybridized carbons (Fsp3) is 0.105. The molecule has 0 saturated heterocycles. The number of aryl methyl sites for hydroxylation is 2. The van der Waals surface area contributed by atoms with E-state index in [1.165, 1.54) is 14.0 Å². The van der Waals surface area contributed by atoms with Crippen LogP contribution in [0.3, 0.4) is 0 Å². The minimum absolute atomic E-state index is 0.140. The number of nitrogens with zero attached hydrogens (tertiary/aromatic N) is 3. The second-order valence-corrected chi connectivity index (χ2v) is 5.86. The molecule has 0 unspecified atom stereocenters. The molecule has 8 heteroatoms. The number of ketones is 1. The van der Waals surface area contributed by atoms with Crippen LogP contribution in [0.4, 0.5) is 11.4 Å². The van der Waals surface area contributed by atoms with E-state index in [0.717, 1.165) is 4.68 Å². The lowest BCUT2D eigenvalue weighted by atomic mass is 10.0. The summed E-state index contributed by atoms with van der Waals surface area (Å²) in [6, 6.07) is 15.2. The fourth-order valence-corrected chi connectivity index (χ4v) is 2.84. The molecular weight excluding hydrogens is 348 g/mol. The number of rotatable bonds is 5. The monoisotopic (exact) mass is 364 g/mol. The Bertz CT molecular complexity index is 1040. The van der Waals surface area contributed by atoms with Crippen molar-refractivity contribution in [1.82, 2.24) is 9.78 Å². The number of para-hydroxylation sites is 1. The first-order chi connectivity index (χ1) is 12.9. The summed E-state index contributed by atoms with van der Waals surface area (Å²) in [5.74, 6) is -0.972. The molecule has 0 spiro atoms. The maximum Gasteiger partial charge on any atom is 0.322 e. The van der Waals surface area contributed by atoms with E-state index in [1.54, 1.807) is 54.6 Å². The molecule has 0 radical (unpaired) electrons. The number of nitrogens with one attached hydrogen (secondary N) is 1. The smallest absolute Gasteiger partial charge is 0.320 e. The zero-order valence-electron chi connectivity index (χ0n) is 14.7. The van der Waals surface area contributed by atoms with E-state index >= 15 is 0 Å². The van der Waals surface area contributed by atoms with Crippen molar-refractivity contribution in [3.05, 3.63) is 87.2 Å². The molecule has 3 aromatic rings. The lowest BCUT2D eigenvalue weighted by molar-refractivity contribution is -0.385. The van der Waals surface area contributed by atoms with Gasteiger partial charge in [-0.05, 0) is 19.1 Å². The SMILES string of the molecule is Cc1nn(C)c(C(=O)Nc2ccccc2C(=O)c2ccccc2)c1[N+](=O)[O-]. The normalized spacial score (nSPS) is 10.4. The number of nitro groups is 1. The van der Waals surface area contributed by atoms with Crippen LogP contribution in [-0.4, -0.2) is 26.4 Å². The Morgan fingerprint density at radius 1 is 1.07 bits per heavy atom. The third kappa shape index (κ3) is 3.45. The van der Waals surface area contributed by atoms with Gasteiger partial charge in [0.2, 0.25) is 5.69 Å². The number of benzene rings is 2. The van der Waals surface area contributed by atoms with Crippen molar-refractivity contribution in [3.8, 4) is 0 Å². The summed E-state index contributed by atoms with van der Waals surface area (Å²) in [6.45, 7) is 1.46. The van der Waals surface area contributed by atoms with Crippen molar-refractivity contribution in [2.75, 3.05) is 5.32 Å². The molecule has 1 heterocycles. The molecule has 2 aromatic carbocycles. The number of hydrogen-bond acceptors (Lipinski definition) is 5. The summed E-state index contributed by atoms with van der Waals surface area (Å²) in [6.07, 6.45) is 0. The molecule has 1 N–H and O–H groups in total. The molecule has 0 saturated carbocycles. The fourth-order valence-electron chi connectivity index (χ4n) is 2.84. The van der Waals surface area contributed by atoms with Crippen LogP contribution < -0.4 is 5.32 Å². The van der Waals surface area contributed by atoms with E-state index in [9.17, 15) is 19.7 Å². The molecule has 1 amide bonds. The van der Waals surface area contributed by atoms with E-state index in [4.69, 9.17) is 0 Å². The Balaban J connectivity index is 1.98. The Morgan fingerprint density at radius 3 is 2.37 bits per heavy atom. The van der Waals surface area contributed by atoms with Gasteiger partial charge in [-0.1, -0.05) is 42.5 Å². The minimum atomic E-state index is -0.710. The summed E-state index contributed by atoms with van der Waals surface area (Å²) >= 11 is 0. The molecule has 0 aliphatic rings. The Kier molecular flexibility index (Phi) is 4.80. The van der Waals surface area contributed by atoms with Crippen molar-refractivity contribution in [1.29, 1.82) is 0 Å². The molecule has 0 bridgehead atoms. The summed E-state index contributed by atoms with van der Waals surface area (Å²) in [5.41, 5.74) is 0.632. The highest BCUT2D eigenvalue weighted by Crippen LogP contribution is 2.25. The van der Waals surface area contributed by atoms with Gasteiger partial charge < -0.3 is 5.32 Å². The molecule has 0 aliphatic heterocycles. The Morgan fingerprint density at radius 2 is 1.70 bits per heavy atom. The Labute approximate surface area is 154 Å². The highest BCUT2D eigenvalue weighted by Gasteiger charge is 2.29. The Hall–Kier alpha value is -3.81. The second-order valence-electron chi connectivity index (χ2n) is 5.86. The van der Waals surface area contributed by atoms with Gasteiger partial charge in [0.05, 0.1) is 10.6 Å². The molecular formula is C19H16N4O4. The molecule has 8 nitrogen and oxygen atoms in total. The maximum atomic E-state index is 12.8. The third-order valence-electron chi connectivity index (χ3n) is 4.04. The predicted molar refractivity (Wildman–Crippen MR) is 98.9 cm³/mol. The molecule has 0 atom stereocenters. The molecule has 0 fully saturated rings. The first-order valence-corrected chi connectivity index (χ1v) is 8.08. The van der Waals surface area contributed by atoms with Crippen molar-refractivity contribution >= 4 is 23.1 Å². The third-order valence-corrected chi connectivity index (χ3v) is 4.04. The average Bonchev–Trinajstić information content (AvgIpc) is 2.96. The number of amides is 1. The zero-order valence-corrected chi connectivity index (χ0v) is 14.7. The lowest BCUT2D eigenvalue weighted by Gasteiger charge is -2.10. The molecule has 1 aromatic heterocycles. The number of carbonyl (C=O) groups excluding carboxylic acids is 2. The average molecular weight is 364 g/mol. The summed E-state index contributed by atoms with van der Waals surface area (Å²) in [7, 11) is 1.45. The summed E-state index contributed by atoms with van der Waals surface area (Å²) in [5, 5.41) is 17.8. The standard InChI is InChI=1S/C19H16N4O4/c1-12-16(23(26)27)17(22(2)21-12)19(25)20-15-11-7-6-10-14(15)18(24)13-8-4-3-5-9-13/h3-11H,1-2H3,(H,20,25). The quantitative estimate of drug-likeness (QED) is 0.425. The van der Waals surface area contributed by atoms with E-state index < -0.39 is 10.8 Å².